The van der Waals surface area contributed by atoms with Crippen LogP contribution in [0, 0.1) is 11.7 Å². The number of carbonyl (C=O) groups is 1. The maximum Gasteiger partial charge on any atom is 0.233 e. The number of thiazole rings is 1. The Morgan fingerprint density at radius 1 is 1.19 bits per heavy atom. The van der Waals surface area contributed by atoms with E-state index in [4.69, 9.17) is 0 Å². The molecule has 0 saturated heterocycles. The first-order chi connectivity index (χ1) is 12.7. The first-order valence-electron chi connectivity index (χ1n) is 9.11. The van der Waals surface area contributed by atoms with E-state index in [0.717, 1.165) is 16.7 Å². The highest BCUT2D eigenvalue weighted by Gasteiger charge is 2.27. The van der Waals surface area contributed by atoms with Crippen molar-refractivity contribution >= 4 is 32.6 Å². The molecule has 1 fully saturated rings. The van der Waals surface area contributed by atoms with Crippen molar-refractivity contribution in [3.63, 3.8) is 0 Å². The Bertz CT molecular complexity index is 903. The Morgan fingerprint density at radius 2 is 1.96 bits per heavy atom. The molecule has 1 N–H and O–H groups in total. The number of rotatable bonds is 5. The van der Waals surface area contributed by atoms with Gasteiger partial charge in [-0.1, -0.05) is 67.4 Å². The predicted molar refractivity (Wildman–Crippen MR) is 104 cm³/mol. The van der Waals surface area contributed by atoms with Crippen molar-refractivity contribution in [1.82, 2.24) is 4.98 Å². The molecule has 1 aliphatic carbocycles. The van der Waals surface area contributed by atoms with Gasteiger partial charge in [-0.15, -0.1) is 0 Å². The van der Waals surface area contributed by atoms with Gasteiger partial charge < -0.3 is 5.32 Å². The van der Waals surface area contributed by atoms with Crippen molar-refractivity contribution in [3.8, 4) is 0 Å². The lowest BCUT2D eigenvalue weighted by Crippen LogP contribution is -2.23. The van der Waals surface area contributed by atoms with Gasteiger partial charge >= 0.3 is 0 Å². The van der Waals surface area contributed by atoms with Crippen LogP contribution in [0.5, 0.6) is 0 Å². The van der Waals surface area contributed by atoms with Crippen LogP contribution in [-0.4, -0.2) is 10.9 Å². The van der Waals surface area contributed by atoms with Gasteiger partial charge in [-0.05, 0) is 36.1 Å². The maximum absolute atomic E-state index is 13.4. The van der Waals surface area contributed by atoms with Gasteiger partial charge in [-0.2, -0.15) is 0 Å². The number of aromatic nitrogens is 1. The van der Waals surface area contributed by atoms with Crippen molar-refractivity contribution in [2.24, 2.45) is 5.92 Å². The number of nitrogens with zero attached hydrogens (tertiary/aromatic N) is 1. The Kier molecular flexibility index (Phi) is 4.98. The van der Waals surface area contributed by atoms with Gasteiger partial charge in [0.05, 0.1) is 16.1 Å². The van der Waals surface area contributed by atoms with Crippen molar-refractivity contribution in [2.75, 3.05) is 5.32 Å². The molecule has 1 atom stereocenters. The monoisotopic (exact) mass is 368 g/mol. The number of hydrogen-bond donors (Lipinski definition) is 1. The average Bonchev–Trinajstić information content (AvgIpc) is 3.29. The van der Waals surface area contributed by atoms with E-state index in [1.165, 1.54) is 49.2 Å². The van der Waals surface area contributed by atoms with Crippen LogP contribution < -0.4 is 5.32 Å². The molecule has 1 saturated carbocycles. The lowest BCUT2D eigenvalue weighted by Gasteiger charge is -2.20. The number of anilines is 1. The van der Waals surface area contributed by atoms with Gasteiger partial charge in [0.2, 0.25) is 5.91 Å². The lowest BCUT2D eigenvalue weighted by atomic mass is 9.87. The normalized spacial score (nSPS) is 16.0. The molecule has 26 heavy (non-hydrogen) atoms. The summed E-state index contributed by atoms with van der Waals surface area (Å²) < 4.78 is 14.1. The zero-order chi connectivity index (χ0) is 17.9. The Labute approximate surface area is 156 Å². The van der Waals surface area contributed by atoms with Gasteiger partial charge in [-0.25, -0.2) is 9.37 Å². The number of halogens is 1. The van der Waals surface area contributed by atoms with Gasteiger partial charge in [0.1, 0.15) is 5.82 Å². The van der Waals surface area contributed by atoms with Crippen molar-refractivity contribution in [2.45, 2.75) is 38.0 Å². The molecule has 3 nitrogen and oxygen atoms in total. The molecule has 0 aliphatic heterocycles. The maximum atomic E-state index is 13.4. The molecule has 1 amide bonds. The Hall–Kier alpha value is -2.27. The number of carbonyl (C=O) groups excluding carboxylic acids is 1. The molecule has 0 spiro atoms. The highest BCUT2D eigenvalue weighted by atomic mass is 32.1. The van der Waals surface area contributed by atoms with E-state index < -0.39 is 0 Å². The Morgan fingerprint density at radius 3 is 2.73 bits per heavy atom. The first kappa shape index (κ1) is 17.2. The summed E-state index contributed by atoms with van der Waals surface area (Å²) in [5.41, 5.74) is 1.75. The largest absolute Gasteiger partial charge is 0.301 e. The molecular weight excluding hydrogens is 347 g/mol. The average molecular weight is 368 g/mol. The van der Waals surface area contributed by atoms with Crippen LogP contribution in [0.2, 0.25) is 0 Å². The van der Waals surface area contributed by atoms with Crippen LogP contribution in [0.1, 0.15) is 43.6 Å². The zero-order valence-corrected chi connectivity index (χ0v) is 15.3. The molecular formula is C21H21FN2OS. The minimum atomic E-state index is -0.289. The fourth-order valence-electron chi connectivity index (χ4n) is 3.80. The van der Waals surface area contributed by atoms with E-state index in [0.29, 0.717) is 16.6 Å². The molecule has 1 aromatic heterocycles. The van der Waals surface area contributed by atoms with Crippen molar-refractivity contribution in [3.05, 3.63) is 59.9 Å². The summed E-state index contributed by atoms with van der Waals surface area (Å²) in [6, 6.07) is 14.5. The molecule has 3 aromatic rings. The SMILES string of the molecule is O=C(Nc1nc2ccc(F)cc2s1)[C@H](CC1CCCC1)c1ccccc1. The molecule has 0 radical (unpaired) electrons. The van der Waals surface area contributed by atoms with Crippen LogP contribution in [0.4, 0.5) is 9.52 Å². The molecule has 4 rings (SSSR count). The molecule has 1 aliphatic rings. The second kappa shape index (κ2) is 7.54. The minimum absolute atomic E-state index is 0.0253. The number of fused-ring (bicyclic) bond motifs is 1. The minimum Gasteiger partial charge on any atom is -0.301 e. The number of nitrogens with one attached hydrogen (secondary N) is 1. The third kappa shape index (κ3) is 3.78. The summed E-state index contributed by atoms with van der Waals surface area (Å²) in [4.78, 5) is 17.4. The molecule has 134 valence electrons. The van der Waals surface area contributed by atoms with Crippen LogP contribution in [0.25, 0.3) is 10.2 Å². The predicted octanol–water partition coefficient (Wildman–Crippen LogP) is 5.74. The van der Waals surface area contributed by atoms with E-state index in [1.807, 2.05) is 30.3 Å². The fraction of sp³-hybridized carbons (Fsp3) is 0.333. The molecule has 5 heteroatoms. The van der Waals surface area contributed by atoms with Gasteiger partial charge in [0.15, 0.2) is 5.13 Å². The highest BCUT2D eigenvalue weighted by Crippen LogP contribution is 2.35. The van der Waals surface area contributed by atoms with E-state index in [2.05, 4.69) is 10.3 Å². The summed E-state index contributed by atoms with van der Waals surface area (Å²) in [5, 5.41) is 3.50. The van der Waals surface area contributed by atoms with Gasteiger partial charge in [-0.3, -0.25) is 4.79 Å². The van der Waals surface area contributed by atoms with Crippen molar-refractivity contribution in [1.29, 1.82) is 0 Å². The number of hydrogen-bond acceptors (Lipinski definition) is 3. The third-order valence-electron chi connectivity index (χ3n) is 5.14. The van der Waals surface area contributed by atoms with Crippen molar-refractivity contribution < 1.29 is 9.18 Å². The fourth-order valence-corrected chi connectivity index (χ4v) is 4.70. The van der Waals surface area contributed by atoms with E-state index in [1.54, 1.807) is 6.07 Å². The zero-order valence-electron chi connectivity index (χ0n) is 14.5. The Balaban J connectivity index is 1.56. The lowest BCUT2D eigenvalue weighted by molar-refractivity contribution is -0.118. The van der Waals surface area contributed by atoms with Crippen LogP contribution >= 0.6 is 11.3 Å². The molecule has 1 heterocycles. The summed E-state index contributed by atoms with van der Waals surface area (Å²) in [5.74, 6) is 0.114. The topological polar surface area (TPSA) is 42.0 Å². The van der Waals surface area contributed by atoms with E-state index >= 15 is 0 Å². The van der Waals surface area contributed by atoms with Crippen LogP contribution in [0.15, 0.2) is 48.5 Å². The summed E-state index contributed by atoms with van der Waals surface area (Å²) in [7, 11) is 0. The van der Waals surface area contributed by atoms with Crippen LogP contribution in [0.3, 0.4) is 0 Å². The van der Waals surface area contributed by atoms with Crippen LogP contribution in [-0.2, 0) is 4.79 Å². The second-order valence-electron chi connectivity index (χ2n) is 6.97. The standard InChI is InChI=1S/C21H21FN2OS/c22-16-10-11-18-19(13-16)26-21(23-18)24-20(25)17(12-14-6-4-5-7-14)15-8-2-1-3-9-15/h1-3,8-11,13-14,17H,4-7,12H2,(H,23,24,25)/t17-/m1/s1. The number of amides is 1. The summed E-state index contributed by atoms with van der Waals surface area (Å²) in [6.07, 6.45) is 5.80. The quantitative estimate of drug-likeness (QED) is 0.624. The number of benzene rings is 2. The van der Waals surface area contributed by atoms with Gasteiger partial charge in [0.25, 0.3) is 0 Å². The summed E-state index contributed by atoms with van der Waals surface area (Å²) >= 11 is 1.31. The third-order valence-corrected chi connectivity index (χ3v) is 6.08. The van der Waals surface area contributed by atoms with E-state index in [-0.39, 0.29) is 17.6 Å². The molecule has 2 aromatic carbocycles. The summed E-state index contributed by atoms with van der Waals surface area (Å²) in [6.45, 7) is 0. The highest BCUT2D eigenvalue weighted by molar-refractivity contribution is 7.22. The smallest absolute Gasteiger partial charge is 0.233 e. The van der Waals surface area contributed by atoms with E-state index in [9.17, 15) is 9.18 Å². The first-order valence-corrected chi connectivity index (χ1v) is 9.92. The second-order valence-corrected chi connectivity index (χ2v) is 8.00. The molecule has 0 bridgehead atoms. The molecule has 0 unspecified atom stereocenters. The van der Waals surface area contributed by atoms with Gasteiger partial charge in [0, 0.05) is 0 Å².